The molecule has 92 valence electrons. The standard InChI is InChI=1S/C6H14F5N3Si/c7-5(8,6(9,10)11)3-1-2-4-15(12,13)14/h1-4,12-14H2. The van der Waals surface area contributed by atoms with Gasteiger partial charge in [-0.15, -0.1) is 0 Å². The summed E-state index contributed by atoms with van der Waals surface area (Å²) >= 11 is 0. The van der Waals surface area contributed by atoms with Crippen LogP contribution in [-0.2, 0) is 0 Å². The van der Waals surface area contributed by atoms with E-state index in [1.807, 2.05) is 0 Å². The van der Waals surface area contributed by atoms with Crippen molar-refractivity contribution in [1.29, 1.82) is 0 Å². The summed E-state index contributed by atoms with van der Waals surface area (Å²) in [5.74, 6) is -4.64. The van der Waals surface area contributed by atoms with E-state index >= 15 is 0 Å². The van der Waals surface area contributed by atoms with Gasteiger partial charge >= 0.3 is 12.1 Å². The molecule has 9 heteroatoms. The van der Waals surface area contributed by atoms with Gasteiger partial charge in [0, 0.05) is 6.42 Å². The molecule has 6 N–H and O–H groups in total. The predicted molar refractivity (Wildman–Crippen MR) is 48.0 cm³/mol. The fourth-order valence-electron chi connectivity index (χ4n) is 0.920. The van der Waals surface area contributed by atoms with Crippen molar-refractivity contribution in [3.05, 3.63) is 0 Å². The Morgan fingerprint density at radius 1 is 0.867 bits per heavy atom. The normalized spacial score (nSPS) is 14.4. The SMILES string of the molecule is N[Si](N)(N)CCCCC(F)(F)C(F)(F)F. The Morgan fingerprint density at radius 3 is 1.67 bits per heavy atom. The zero-order chi connectivity index (χ0) is 12.3. The maximum atomic E-state index is 12.3. The lowest BCUT2D eigenvalue weighted by molar-refractivity contribution is -0.284. The van der Waals surface area contributed by atoms with Gasteiger partial charge in [0.1, 0.15) is 0 Å². The summed E-state index contributed by atoms with van der Waals surface area (Å²) in [6, 6.07) is 0.126. The minimum absolute atomic E-state index is 0.0847. The summed E-state index contributed by atoms with van der Waals surface area (Å²) in [6.07, 6.45) is -6.95. The van der Waals surface area contributed by atoms with Crippen LogP contribution in [0.25, 0.3) is 0 Å². The van der Waals surface area contributed by atoms with E-state index in [-0.39, 0.29) is 18.9 Å². The van der Waals surface area contributed by atoms with Crippen LogP contribution in [-0.4, -0.2) is 20.7 Å². The molecule has 0 bridgehead atoms. The van der Waals surface area contributed by atoms with E-state index in [4.69, 9.17) is 16.2 Å². The number of unbranched alkanes of at least 4 members (excludes halogenated alkanes) is 1. The van der Waals surface area contributed by atoms with Crippen LogP contribution in [0.15, 0.2) is 0 Å². The smallest absolute Gasteiger partial charge is 0.327 e. The molecule has 0 unspecified atom stereocenters. The van der Waals surface area contributed by atoms with Crippen molar-refractivity contribution in [3.8, 4) is 0 Å². The summed E-state index contributed by atoms with van der Waals surface area (Å²) < 4.78 is 59.7. The van der Waals surface area contributed by atoms with Gasteiger partial charge in [0.25, 0.3) is 8.56 Å². The summed E-state index contributed by atoms with van der Waals surface area (Å²) in [7, 11) is -2.83. The van der Waals surface area contributed by atoms with Crippen LogP contribution in [0.4, 0.5) is 22.0 Å². The number of hydrogen-bond acceptors (Lipinski definition) is 3. The second kappa shape index (κ2) is 4.72. The highest BCUT2D eigenvalue weighted by Gasteiger charge is 2.56. The van der Waals surface area contributed by atoms with Crippen molar-refractivity contribution in [3.63, 3.8) is 0 Å². The van der Waals surface area contributed by atoms with E-state index in [2.05, 4.69) is 0 Å². The molecule has 3 nitrogen and oxygen atoms in total. The monoisotopic (exact) mass is 251 g/mol. The fraction of sp³-hybridized carbons (Fsp3) is 1.00. The highest BCUT2D eigenvalue weighted by atomic mass is 28.4. The van der Waals surface area contributed by atoms with Crippen LogP contribution >= 0.6 is 0 Å². The van der Waals surface area contributed by atoms with E-state index in [1.165, 1.54) is 0 Å². The van der Waals surface area contributed by atoms with Crippen molar-refractivity contribution >= 4 is 8.56 Å². The van der Waals surface area contributed by atoms with Gasteiger partial charge in [-0.3, -0.25) is 0 Å². The van der Waals surface area contributed by atoms with E-state index in [0.29, 0.717) is 0 Å². The summed E-state index contributed by atoms with van der Waals surface area (Å²) in [4.78, 5) is 0. The maximum absolute atomic E-state index is 12.3. The minimum atomic E-state index is -5.49. The molecule has 0 atom stereocenters. The molecule has 0 heterocycles. The zero-order valence-electron chi connectivity index (χ0n) is 7.95. The molecule has 0 spiro atoms. The molecule has 0 saturated heterocycles. The van der Waals surface area contributed by atoms with Gasteiger partial charge in [-0.25, -0.2) is 0 Å². The van der Waals surface area contributed by atoms with Crippen molar-refractivity contribution in [2.24, 2.45) is 16.2 Å². The van der Waals surface area contributed by atoms with Crippen molar-refractivity contribution in [2.75, 3.05) is 0 Å². The molecule has 0 aliphatic rings. The third-order valence-electron chi connectivity index (χ3n) is 1.77. The van der Waals surface area contributed by atoms with Crippen LogP contribution in [0.3, 0.4) is 0 Å². The minimum Gasteiger partial charge on any atom is -0.327 e. The third kappa shape index (κ3) is 6.02. The number of nitrogens with two attached hydrogens (primary N) is 3. The van der Waals surface area contributed by atoms with Crippen LogP contribution in [0.1, 0.15) is 19.3 Å². The second-order valence-corrected chi connectivity index (χ2v) is 6.25. The molecule has 0 radical (unpaired) electrons. The Morgan fingerprint density at radius 2 is 1.33 bits per heavy atom. The largest absolute Gasteiger partial charge is 0.453 e. The van der Waals surface area contributed by atoms with Crippen LogP contribution in [0, 0.1) is 0 Å². The van der Waals surface area contributed by atoms with Gasteiger partial charge in [-0.2, -0.15) is 22.0 Å². The van der Waals surface area contributed by atoms with Crippen LogP contribution in [0.5, 0.6) is 0 Å². The molecular formula is C6H14F5N3Si. The Hall–Kier alpha value is -0.253. The zero-order valence-corrected chi connectivity index (χ0v) is 8.95. The first-order chi connectivity index (χ1) is 6.46. The quantitative estimate of drug-likeness (QED) is 0.390. The summed E-state index contributed by atoms with van der Waals surface area (Å²) in [5, 5.41) is 15.8. The number of hydrogen-bond donors (Lipinski definition) is 3. The Labute approximate surface area is 85.0 Å². The number of halogens is 5. The Kier molecular flexibility index (Phi) is 4.64. The Balaban J connectivity index is 3.87. The van der Waals surface area contributed by atoms with Crippen molar-refractivity contribution in [2.45, 2.75) is 37.4 Å². The molecular weight excluding hydrogens is 237 g/mol. The average molecular weight is 251 g/mol. The highest BCUT2D eigenvalue weighted by molar-refractivity contribution is 6.70. The molecule has 0 aliphatic heterocycles. The molecule has 0 aromatic heterocycles. The lowest BCUT2D eigenvalue weighted by atomic mass is 10.1. The summed E-state index contributed by atoms with van der Waals surface area (Å²) in [6.45, 7) is 0. The van der Waals surface area contributed by atoms with Gasteiger partial charge in [0.2, 0.25) is 0 Å². The number of alkyl halides is 5. The predicted octanol–water partition coefficient (Wildman–Crippen LogP) is 1.17. The molecule has 15 heavy (non-hydrogen) atoms. The second-order valence-electron chi connectivity index (χ2n) is 3.52. The lowest BCUT2D eigenvalue weighted by Gasteiger charge is -2.20. The molecule has 0 aliphatic carbocycles. The van der Waals surface area contributed by atoms with E-state index in [9.17, 15) is 22.0 Å². The van der Waals surface area contributed by atoms with Gasteiger partial charge in [0.15, 0.2) is 0 Å². The first kappa shape index (κ1) is 14.7. The van der Waals surface area contributed by atoms with E-state index in [0.717, 1.165) is 0 Å². The van der Waals surface area contributed by atoms with Crippen LogP contribution < -0.4 is 16.2 Å². The molecule has 0 saturated carbocycles. The van der Waals surface area contributed by atoms with Gasteiger partial charge < -0.3 is 16.2 Å². The molecule has 0 aromatic rings. The molecule has 0 rings (SSSR count). The Bertz CT molecular complexity index is 200. The fourth-order valence-corrected chi connectivity index (χ4v) is 1.78. The van der Waals surface area contributed by atoms with Crippen LogP contribution in [0.2, 0.25) is 6.04 Å². The van der Waals surface area contributed by atoms with Gasteiger partial charge in [-0.05, 0) is 12.5 Å². The first-order valence-electron chi connectivity index (χ1n) is 4.27. The lowest BCUT2D eigenvalue weighted by Crippen LogP contribution is -2.64. The summed E-state index contributed by atoms with van der Waals surface area (Å²) in [5.41, 5.74) is 0. The van der Waals surface area contributed by atoms with Crippen molar-refractivity contribution in [1.82, 2.24) is 0 Å². The third-order valence-corrected chi connectivity index (χ3v) is 2.98. The van der Waals surface area contributed by atoms with Gasteiger partial charge in [0.05, 0.1) is 0 Å². The van der Waals surface area contributed by atoms with Crippen molar-refractivity contribution < 1.29 is 22.0 Å². The molecule has 0 aromatic carbocycles. The number of rotatable bonds is 5. The van der Waals surface area contributed by atoms with E-state index < -0.39 is 27.1 Å². The van der Waals surface area contributed by atoms with E-state index in [1.54, 1.807) is 0 Å². The molecule has 0 amide bonds. The maximum Gasteiger partial charge on any atom is 0.453 e. The first-order valence-corrected chi connectivity index (χ1v) is 6.71. The highest BCUT2D eigenvalue weighted by Crippen LogP contribution is 2.39. The topological polar surface area (TPSA) is 78.1 Å². The van der Waals surface area contributed by atoms with Gasteiger partial charge in [-0.1, -0.05) is 6.42 Å². The molecule has 0 fully saturated rings. The average Bonchev–Trinajstić information content (AvgIpc) is 1.94.